The molecule has 0 unspecified atom stereocenters. The van der Waals surface area contributed by atoms with Crippen molar-refractivity contribution in [2.45, 2.75) is 58.4 Å². The second-order valence-corrected chi connectivity index (χ2v) is 10.5. The molecule has 0 N–H and O–H groups in total. The average Bonchev–Trinajstić information content (AvgIpc) is 2.22. The van der Waals surface area contributed by atoms with Crippen molar-refractivity contribution in [1.29, 1.82) is 0 Å². The van der Waals surface area contributed by atoms with Gasteiger partial charge in [0.15, 0.2) is 8.32 Å². The van der Waals surface area contributed by atoms with Crippen LogP contribution in [0.15, 0.2) is 0 Å². The van der Waals surface area contributed by atoms with Crippen molar-refractivity contribution in [3.8, 4) is 0 Å². The van der Waals surface area contributed by atoms with Gasteiger partial charge in [-0.2, -0.15) is 0 Å². The zero-order valence-corrected chi connectivity index (χ0v) is 13.5. The van der Waals surface area contributed by atoms with E-state index >= 15 is 0 Å². The molecule has 102 valence electrons. The van der Waals surface area contributed by atoms with E-state index in [-0.39, 0.29) is 10.9 Å². The van der Waals surface area contributed by atoms with Gasteiger partial charge in [-0.25, -0.2) is 5.06 Å². The standard InChI is InChI=1S/C12H27NO3Si/c1-9-10(11(14)13(5)15-6)16-17(7,8)12(2,3)4/h10H,9H2,1-8H3/t10-/m1/s1. The minimum absolute atomic E-state index is 0.104. The number of carbonyl (C=O) groups excluding carboxylic acids is 1. The van der Waals surface area contributed by atoms with E-state index in [1.807, 2.05) is 6.92 Å². The van der Waals surface area contributed by atoms with E-state index in [0.717, 1.165) is 0 Å². The Morgan fingerprint density at radius 2 is 1.82 bits per heavy atom. The highest BCUT2D eigenvalue weighted by Gasteiger charge is 2.40. The first-order chi connectivity index (χ1) is 7.56. The summed E-state index contributed by atoms with van der Waals surface area (Å²) in [5.74, 6) is -0.111. The molecule has 0 aliphatic heterocycles. The Bertz CT molecular complexity index is 261. The van der Waals surface area contributed by atoms with Gasteiger partial charge in [-0.05, 0) is 24.6 Å². The lowest BCUT2D eigenvalue weighted by Crippen LogP contribution is -2.48. The summed E-state index contributed by atoms with van der Waals surface area (Å²) >= 11 is 0. The highest BCUT2D eigenvalue weighted by Crippen LogP contribution is 2.37. The number of rotatable bonds is 5. The third kappa shape index (κ3) is 4.41. The Morgan fingerprint density at radius 3 is 2.12 bits per heavy atom. The van der Waals surface area contributed by atoms with E-state index in [1.54, 1.807) is 7.05 Å². The number of likely N-dealkylation sites (N-methyl/N-ethyl adjacent to an activating group) is 1. The SMILES string of the molecule is CC[C@@H](O[Si](C)(C)C(C)(C)C)C(=O)N(C)OC. The molecule has 1 atom stereocenters. The Kier molecular flexibility index (Phi) is 5.84. The van der Waals surface area contributed by atoms with Crippen LogP contribution in [-0.4, -0.2) is 39.5 Å². The van der Waals surface area contributed by atoms with Gasteiger partial charge in [0.05, 0.1) is 7.11 Å². The van der Waals surface area contributed by atoms with E-state index in [4.69, 9.17) is 9.26 Å². The third-order valence-corrected chi connectivity index (χ3v) is 7.96. The number of hydroxylamine groups is 2. The summed E-state index contributed by atoms with van der Waals surface area (Å²) in [7, 11) is 1.18. The summed E-state index contributed by atoms with van der Waals surface area (Å²) in [6.07, 6.45) is 0.264. The number of nitrogens with zero attached hydrogens (tertiary/aromatic N) is 1. The van der Waals surface area contributed by atoms with Crippen molar-refractivity contribution < 1.29 is 14.1 Å². The van der Waals surface area contributed by atoms with E-state index < -0.39 is 14.4 Å². The number of carbonyl (C=O) groups is 1. The summed E-state index contributed by atoms with van der Waals surface area (Å²) in [5.41, 5.74) is 0. The average molecular weight is 261 g/mol. The first-order valence-corrected chi connectivity index (χ1v) is 8.97. The van der Waals surface area contributed by atoms with Crippen LogP contribution in [0.3, 0.4) is 0 Å². The summed E-state index contributed by atoms with van der Waals surface area (Å²) in [4.78, 5) is 16.9. The predicted octanol–water partition coefficient (Wildman–Crippen LogP) is 2.81. The van der Waals surface area contributed by atoms with Crippen molar-refractivity contribution in [2.75, 3.05) is 14.2 Å². The fourth-order valence-corrected chi connectivity index (χ4v) is 2.47. The highest BCUT2D eigenvalue weighted by atomic mass is 28.4. The van der Waals surface area contributed by atoms with Crippen molar-refractivity contribution in [3.63, 3.8) is 0 Å². The van der Waals surface area contributed by atoms with Gasteiger partial charge in [-0.3, -0.25) is 9.63 Å². The van der Waals surface area contributed by atoms with Gasteiger partial charge in [0.2, 0.25) is 0 Å². The zero-order valence-electron chi connectivity index (χ0n) is 12.5. The van der Waals surface area contributed by atoms with Crippen LogP contribution in [0, 0.1) is 0 Å². The lowest BCUT2D eigenvalue weighted by Gasteiger charge is -2.39. The smallest absolute Gasteiger partial charge is 0.273 e. The Morgan fingerprint density at radius 1 is 1.35 bits per heavy atom. The number of hydrogen-bond donors (Lipinski definition) is 0. The Labute approximate surface area is 106 Å². The monoisotopic (exact) mass is 261 g/mol. The number of hydrogen-bond acceptors (Lipinski definition) is 3. The molecule has 0 radical (unpaired) electrons. The molecule has 0 aliphatic carbocycles. The molecule has 0 saturated carbocycles. The van der Waals surface area contributed by atoms with Crippen LogP contribution in [0.25, 0.3) is 0 Å². The van der Waals surface area contributed by atoms with Crippen molar-refractivity contribution >= 4 is 14.2 Å². The molecule has 0 fully saturated rings. The van der Waals surface area contributed by atoms with Gasteiger partial charge in [0.25, 0.3) is 5.91 Å². The van der Waals surface area contributed by atoms with Gasteiger partial charge in [-0.1, -0.05) is 27.7 Å². The zero-order chi connectivity index (χ0) is 13.9. The molecule has 0 rings (SSSR count). The van der Waals surface area contributed by atoms with Crippen molar-refractivity contribution in [1.82, 2.24) is 5.06 Å². The second-order valence-electron chi connectivity index (χ2n) is 5.79. The second kappa shape index (κ2) is 5.98. The van der Waals surface area contributed by atoms with Crippen molar-refractivity contribution in [2.24, 2.45) is 0 Å². The van der Waals surface area contributed by atoms with Gasteiger partial charge >= 0.3 is 0 Å². The Balaban J connectivity index is 4.78. The first kappa shape index (κ1) is 16.6. The fourth-order valence-electron chi connectivity index (χ4n) is 1.13. The molecule has 0 aromatic rings. The van der Waals surface area contributed by atoms with Crippen LogP contribution >= 0.6 is 0 Å². The van der Waals surface area contributed by atoms with Crippen LogP contribution in [0.4, 0.5) is 0 Å². The minimum atomic E-state index is -1.91. The summed E-state index contributed by atoms with van der Waals surface area (Å²) in [5, 5.41) is 1.34. The molecule has 17 heavy (non-hydrogen) atoms. The molecule has 0 heterocycles. The van der Waals surface area contributed by atoms with Gasteiger partial charge < -0.3 is 4.43 Å². The molecule has 1 amide bonds. The summed E-state index contributed by atoms with van der Waals surface area (Å²) < 4.78 is 6.10. The van der Waals surface area contributed by atoms with Crippen LogP contribution in [0.1, 0.15) is 34.1 Å². The van der Waals surface area contributed by atoms with E-state index in [1.165, 1.54) is 12.2 Å². The maximum Gasteiger partial charge on any atom is 0.273 e. The Hall–Kier alpha value is -0.393. The fraction of sp³-hybridized carbons (Fsp3) is 0.917. The van der Waals surface area contributed by atoms with Crippen LogP contribution in [-0.2, 0) is 14.1 Å². The quantitative estimate of drug-likeness (QED) is 0.564. The molecule has 0 bridgehead atoms. The molecule has 0 saturated heterocycles. The molecule has 5 heteroatoms. The van der Waals surface area contributed by atoms with E-state index in [9.17, 15) is 4.79 Å². The summed E-state index contributed by atoms with van der Waals surface area (Å²) in [6.45, 7) is 12.7. The van der Waals surface area contributed by atoms with Gasteiger partial charge in [0.1, 0.15) is 6.10 Å². The van der Waals surface area contributed by atoms with E-state index in [0.29, 0.717) is 6.42 Å². The van der Waals surface area contributed by atoms with Gasteiger partial charge in [-0.15, -0.1) is 0 Å². The van der Waals surface area contributed by atoms with Crippen LogP contribution in [0.2, 0.25) is 18.1 Å². The molecule has 4 nitrogen and oxygen atoms in total. The normalized spacial score (nSPS) is 14.6. The van der Waals surface area contributed by atoms with Crippen LogP contribution < -0.4 is 0 Å². The third-order valence-electron chi connectivity index (χ3n) is 3.47. The molecule has 0 aliphatic rings. The molecule has 0 spiro atoms. The molecular formula is C12H27NO3Si. The highest BCUT2D eigenvalue weighted by molar-refractivity contribution is 6.74. The molecule has 0 aromatic heterocycles. The summed E-state index contributed by atoms with van der Waals surface area (Å²) in [6, 6.07) is 0. The van der Waals surface area contributed by atoms with Crippen molar-refractivity contribution in [3.05, 3.63) is 0 Å². The first-order valence-electron chi connectivity index (χ1n) is 6.06. The lowest BCUT2D eigenvalue weighted by atomic mass is 10.2. The maximum absolute atomic E-state index is 12.0. The van der Waals surface area contributed by atoms with Crippen LogP contribution in [0.5, 0.6) is 0 Å². The molecular weight excluding hydrogens is 234 g/mol. The number of amides is 1. The lowest BCUT2D eigenvalue weighted by molar-refractivity contribution is -0.177. The minimum Gasteiger partial charge on any atom is -0.405 e. The largest absolute Gasteiger partial charge is 0.405 e. The van der Waals surface area contributed by atoms with Gasteiger partial charge in [0, 0.05) is 7.05 Å². The molecule has 0 aromatic carbocycles. The topological polar surface area (TPSA) is 38.8 Å². The van der Waals surface area contributed by atoms with E-state index in [2.05, 4.69) is 33.9 Å². The predicted molar refractivity (Wildman–Crippen MR) is 72.1 cm³/mol. The maximum atomic E-state index is 12.0.